The van der Waals surface area contributed by atoms with E-state index < -0.39 is 0 Å². The van der Waals surface area contributed by atoms with E-state index in [0.29, 0.717) is 0 Å². The van der Waals surface area contributed by atoms with Crippen molar-refractivity contribution >= 4 is 76.5 Å². The predicted molar refractivity (Wildman–Crippen MR) is 178 cm³/mol. The van der Waals surface area contributed by atoms with Gasteiger partial charge >= 0.3 is 0 Å². The summed E-state index contributed by atoms with van der Waals surface area (Å²) < 4.78 is 16.0. The summed E-state index contributed by atoms with van der Waals surface area (Å²) in [6, 6.07) is 49.1. The van der Waals surface area contributed by atoms with Crippen LogP contribution in [0.1, 0.15) is 0 Å². The largest absolute Gasteiger partial charge is 0.455 e. The number of nitrogens with zero attached hydrogens (tertiary/aromatic N) is 1. The first-order chi connectivity index (χ1) is 21.4. The Kier molecular flexibility index (Phi) is 4.45. The van der Waals surface area contributed by atoms with E-state index in [0.717, 1.165) is 82.5 Å². The van der Waals surface area contributed by atoms with Gasteiger partial charge in [-0.05, 0) is 42.0 Å². The number of aromatic nitrogens is 1. The highest BCUT2D eigenvalue weighted by molar-refractivity contribution is 6.41. The molecule has 0 bridgehead atoms. The molecule has 0 amide bonds. The average Bonchev–Trinajstić information content (AvgIpc) is 3.75. The molecule has 0 unspecified atom stereocenters. The SMILES string of the molecule is c1ccc(-c2cc3c(c4c2oc2ccccc24)c2c4ccccc4oc2c2c4ccccc4n(-c4ccccc4)c32)cc1. The Bertz CT molecular complexity index is 2710. The van der Waals surface area contributed by atoms with Crippen molar-refractivity contribution in [3.05, 3.63) is 140 Å². The van der Waals surface area contributed by atoms with E-state index in [2.05, 4.69) is 132 Å². The van der Waals surface area contributed by atoms with E-state index in [4.69, 9.17) is 8.83 Å². The molecule has 7 aromatic carbocycles. The minimum Gasteiger partial charge on any atom is -0.455 e. The third-order valence-electron chi connectivity index (χ3n) is 8.95. The molecule has 200 valence electrons. The lowest BCUT2D eigenvalue weighted by molar-refractivity contribution is 0.670. The molecule has 10 rings (SSSR count). The third-order valence-corrected chi connectivity index (χ3v) is 8.95. The van der Waals surface area contributed by atoms with Crippen LogP contribution in [0.15, 0.2) is 148 Å². The van der Waals surface area contributed by atoms with Crippen molar-refractivity contribution in [2.75, 3.05) is 0 Å². The van der Waals surface area contributed by atoms with Crippen molar-refractivity contribution in [1.29, 1.82) is 0 Å². The molecule has 0 N–H and O–H groups in total. The van der Waals surface area contributed by atoms with Crippen molar-refractivity contribution in [2.24, 2.45) is 0 Å². The maximum absolute atomic E-state index is 6.84. The second-order valence-electron chi connectivity index (χ2n) is 11.2. The lowest BCUT2D eigenvalue weighted by atomic mass is 9.92. The van der Waals surface area contributed by atoms with Crippen LogP contribution in [0, 0.1) is 0 Å². The van der Waals surface area contributed by atoms with Crippen molar-refractivity contribution in [2.45, 2.75) is 0 Å². The van der Waals surface area contributed by atoms with Crippen LogP contribution in [0.25, 0.3) is 93.3 Å². The highest BCUT2D eigenvalue weighted by atomic mass is 16.3. The van der Waals surface area contributed by atoms with Crippen LogP contribution < -0.4 is 0 Å². The zero-order chi connectivity index (χ0) is 28.1. The lowest BCUT2D eigenvalue weighted by Crippen LogP contribution is -1.95. The Morgan fingerprint density at radius 1 is 0.419 bits per heavy atom. The zero-order valence-corrected chi connectivity index (χ0v) is 23.0. The van der Waals surface area contributed by atoms with Crippen LogP contribution in [0.4, 0.5) is 0 Å². The van der Waals surface area contributed by atoms with Gasteiger partial charge in [0.1, 0.15) is 22.3 Å². The van der Waals surface area contributed by atoms with E-state index >= 15 is 0 Å². The molecule has 0 aliphatic carbocycles. The van der Waals surface area contributed by atoms with Gasteiger partial charge in [-0.3, -0.25) is 0 Å². The summed E-state index contributed by atoms with van der Waals surface area (Å²) in [5.74, 6) is 0. The number of hydrogen-bond donors (Lipinski definition) is 0. The van der Waals surface area contributed by atoms with Crippen molar-refractivity contribution in [1.82, 2.24) is 4.57 Å². The van der Waals surface area contributed by atoms with Crippen molar-refractivity contribution in [3.63, 3.8) is 0 Å². The first kappa shape index (κ1) is 22.8. The molecule has 0 spiro atoms. The lowest BCUT2D eigenvalue weighted by Gasteiger charge is -2.13. The molecule has 3 aromatic heterocycles. The molecular formula is C40H23NO2. The third kappa shape index (κ3) is 2.98. The maximum Gasteiger partial charge on any atom is 0.146 e. The second kappa shape index (κ2) is 8.37. The van der Waals surface area contributed by atoms with Gasteiger partial charge < -0.3 is 13.4 Å². The van der Waals surface area contributed by atoms with Gasteiger partial charge in [-0.15, -0.1) is 0 Å². The van der Waals surface area contributed by atoms with Crippen LogP contribution in [-0.2, 0) is 0 Å². The number of rotatable bonds is 2. The molecule has 0 fully saturated rings. The number of hydrogen-bond acceptors (Lipinski definition) is 2. The van der Waals surface area contributed by atoms with Crippen LogP contribution >= 0.6 is 0 Å². The smallest absolute Gasteiger partial charge is 0.146 e. The topological polar surface area (TPSA) is 31.2 Å². The first-order valence-electron chi connectivity index (χ1n) is 14.6. The monoisotopic (exact) mass is 549 g/mol. The average molecular weight is 550 g/mol. The van der Waals surface area contributed by atoms with Crippen LogP contribution in [0.5, 0.6) is 0 Å². The van der Waals surface area contributed by atoms with E-state index in [1.54, 1.807) is 0 Å². The number of fused-ring (bicyclic) bond motifs is 14. The summed E-state index contributed by atoms with van der Waals surface area (Å²) in [4.78, 5) is 0. The van der Waals surface area contributed by atoms with Crippen molar-refractivity contribution < 1.29 is 8.83 Å². The first-order valence-corrected chi connectivity index (χ1v) is 14.6. The van der Waals surface area contributed by atoms with Gasteiger partial charge in [0.15, 0.2) is 0 Å². The summed E-state index contributed by atoms with van der Waals surface area (Å²) in [5, 5.41) is 9.10. The normalized spacial score (nSPS) is 12.2. The fourth-order valence-electron chi connectivity index (χ4n) is 7.22. The van der Waals surface area contributed by atoms with Crippen molar-refractivity contribution in [3.8, 4) is 16.8 Å². The number of para-hydroxylation sites is 4. The van der Waals surface area contributed by atoms with Crippen LogP contribution in [0.2, 0.25) is 0 Å². The Morgan fingerprint density at radius 3 is 1.70 bits per heavy atom. The van der Waals surface area contributed by atoms with Gasteiger partial charge in [-0.25, -0.2) is 0 Å². The van der Waals surface area contributed by atoms with E-state index in [1.165, 1.54) is 10.8 Å². The highest BCUT2D eigenvalue weighted by Gasteiger charge is 2.27. The molecule has 0 radical (unpaired) electrons. The summed E-state index contributed by atoms with van der Waals surface area (Å²) in [6.07, 6.45) is 0. The number of furan rings is 2. The van der Waals surface area contributed by atoms with Crippen LogP contribution in [-0.4, -0.2) is 4.57 Å². The Labute approximate surface area is 245 Å². The molecule has 0 saturated heterocycles. The fraction of sp³-hybridized carbons (Fsp3) is 0. The summed E-state index contributed by atoms with van der Waals surface area (Å²) >= 11 is 0. The van der Waals surface area contributed by atoms with Crippen LogP contribution in [0.3, 0.4) is 0 Å². The molecule has 0 saturated carbocycles. The predicted octanol–water partition coefficient (Wildman–Crippen LogP) is 11.4. The summed E-state index contributed by atoms with van der Waals surface area (Å²) in [5.41, 5.74) is 9.18. The molecular weight excluding hydrogens is 526 g/mol. The maximum atomic E-state index is 6.84. The van der Waals surface area contributed by atoms with Gasteiger partial charge in [0, 0.05) is 49.0 Å². The molecule has 3 heterocycles. The van der Waals surface area contributed by atoms with Gasteiger partial charge in [0.2, 0.25) is 0 Å². The standard InChI is InChI=1S/C40H23NO2/c1-3-13-24(14-4-1)29-23-30-34(35-27-18-8-11-21-32(27)42-39(29)35)36-28-19-9-12-22-33(28)43-40(36)37-26-17-7-10-20-31(26)41(38(30)37)25-15-5-2-6-16-25/h1-23H. The second-order valence-corrected chi connectivity index (χ2v) is 11.2. The van der Waals surface area contributed by atoms with Gasteiger partial charge in [-0.1, -0.05) is 103 Å². The quantitative estimate of drug-likeness (QED) is 0.215. The minimum absolute atomic E-state index is 0.881. The van der Waals surface area contributed by atoms with Gasteiger partial charge in [0.25, 0.3) is 0 Å². The van der Waals surface area contributed by atoms with E-state index in [-0.39, 0.29) is 0 Å². The zero-order valence-electron chi connectivity index (χ0n) is 23.0. The van der Waals surface area contributed by atoms with E-state index in [1.807, 2.05) is 12.1 Å². The summed E-state index contributed by atoms with van der Waals surface area (Å²) in [7, 11) is 0. The molecule has 43 heavy (non-hydrogen) atoms. The highest BCUT2D eigenvalue weighted by Crippen LogP contribution is 2.51. The summed E-state index contributed by atoms with van der Waals surface area (Å²) in [6.45, 7) is 0. The minimum atomic E-state index is 0.881. The van der Waals surface area contributed by atoms with Gasteiger partial charge in [0.05, 0.1) is 16.4 Å². The molecule has 0 atom stereocenters. The molecule has 0 aliphatic heterocycles. The molecule has 3 nitrogen and oxygen atoms in total. The van der Waals surface area contributed by atoms with E-state index in [9.17, 15) is 0 Å². The fourth-order valence-corrected chi connectivity index (χ4v) is 7.22. The Balaban J connectivity index is 1.61. The Morgan fingerprint density at radius 2 is 0.977 bits per heavy atom. The number of benzene rings is 7. The van der Waals surface area contributed by atoms with Gasteiger partial charge in [-0.2, -0.15) is 0 Å². The molecule has 0 aliphatic rings. The molecule has 3 heteroatoms. The Hall–Kier alpha value is -5.80. The molecule has 10 aromatic rings.